The lowest BCUT2D eigenvalue weighted by atomic mass is 10.2. The van der Waals surface area contributed by atoms with Crippen LogP contribution in [-0.2, 0) is 4.74 Å². The zero-order chi connectivity index (χ0) is 13.0. The topological polar surface area (TPSA) is 55.8 Å². The quantitative estimate of drug-likeness (QED) is 0.762. The van der Waals surface area contributed by atoms with Crippen LogP contribution in [0.1, 0.15) is 10.4 Å². The standard InChI is InChI=1S/C11H12ClNO4/c1-13(2)11(15)17-9-5-4-7(6-8(9)12)10(14)16-3/h4-6H,1-3H3. The number of methoxy groups -OCH3 is 1. The number of rotatable bonds is 2. The number of carbonyl (C=O) groups excluding carboxylic acids is 2. The molecule has 0 bridgehead atoms. The lowest BCUT2D eigenvalue weighted by molar-refractivity contribution is 0.0600. The summed E-state index contributed by atoms with van der Waals surface area (Å²) in [6.07, 6.45) is -0.544. The smallest absolute Gasteiger partial charge is 0.414 e. The highest BCUT2D eigenvalue weighted by Crippen LogP contribution is 2.26. The van der Waals surface area contributed by atoms with Crippen LogP contribution in [0.15, 0.2) is 18.2 Å². The van der Waals surface area contributed by atoms with Crippen LogP contribution in [0.3, 0.4) is 0 Å². The molecule has 0 saturated carbocycles. The Bertz CT molecular complexity index is 445. The normalized spacial score (nSPS) is 9.65. The number of esters is 1. The average molecular weight is 258 g/mol. The summed E-state index contributed by atoms with van der Waals surface area (Å²) in [5.74, 6) is -0.310. The number of carbonyl (C=O) groups is 2. The van der Waals surface area contributed by atoms with E-state index in [0.717, 1.165) is 0 Å². The molecule has 1 amide bonds. The van der Waals surface area contributed by atoms with Crippen LogP contribution >= 0.6 is 11.6 Å². The van der Waals surface area contributed by atoms with Crippen molar-refractivity contribution in [2.24, 2.45) is 0 Å². The van der Waals surface area contributed by atoms with Crippen LogP contribution in [0.25, 0.3) is 0 Å². The Kier molecular flexibility index (Phi) is 4.34. The van der Waals surface area contributed by atoms with Crippen molar-refractivity contribution >= 4 is 23.7 Å². The van der Waals surface area contributed by atoms with Gasteiger partial charge in [0.05, 0.1) is 17.7 Å². The molecule has 0 aromatic heterocycles. The van der Waals surface area contributed by atoms with E-state index in [0.29, 0.717) is 5.56 Å². The van der Waals surface area contributed by atoms with Crippen LogP contribution in [0.4, 0.5) is 4.79 Å². The minimum Gasteiger partial charge on any atom is -0.465 e. The highest BCUT2D eigenvalue weighted by atomic mass is 35.5. The summed E-state index contributed by atoms with van der Waals surface area (Å²) in [5.41, 5.74) is 0.294. The lowest BCUT2D eigenvalue weighted by Gasteiger charge is -2.11. The fourth-order valence-corrected chi connectivity index (χ4v) is 1.23. The van der Waals surface area contributed by atoms with Gasteiger partial charge in [0.25, 0.3) is 0 Å². The molecule has 0 unspecified atom stereocenters. The maximum Gasteiger partial charge on any atom is 0.414 e. The van der Waals surface area contributed by atoms with Gasteiger partial charge in [-0.2, -0.15) is 0 Å². The van der Waals surface area contributed by atoms with Crippen LogP contribution in [-0.4, -0.2) is 38.2 Å². The van der Waals surface area contributed by atoms with Gasteiger partial charge in [-0.3, -0.25) is 0 Å². The molecule has 0 aliphatic heterocycles. The van der Waals surface area contributed by atoms with Gasteiger partial charge >= 0.3 is 12.1 Å². The number of halogens is 1. The monoisotopic (exact) mass is 257 g/mol. The first-order valence-corrected chi connectivity index (χ1v) is 5.10. The van der Waals surface area contributed by atoms with E-state index in [-0.39, 0.29) is 10.8 Å². The summed E-state index contributed by atoms with van der Waals surface area (Å²) in [5, 5.41) is 0.170. The second-order valence-electron chi connectivity index (χ2n) is 3.40. The third-order valence-corrected chi connectivity index (χ3v) is 2.21. The zero-order valence-electron chi connectivity index (χ0n) is 9.69. The van der Waals surface area contributed by atoms with Crippen molar-refractivity contribution in [3.8, 4) is 5.75 Å². The molecule has 0 aliphatic rings. The molecule has 1 rings (SSSR count). The van der Waals surface area contributed by atoms with Crippen LogP contribution in [0.5, 0.6) is 5.75 Å². The number of amides is 1. The molecule has 0 N–H and O–H groups in total. The highest BCUT2D eigenvalue weighted by Gasteiger charge is 2.13. The van der Waals surface area contributed by atoms with E-state index in [4.69, 9.17) is 16.3 Å². The highest BCUT2D eigenvalue weighted by molar-refractivity contribution is 6.32. The molecule has 0 spiro atoms. The van der Waals surface area contributed by atoms with Crippen molar-refractivity contribution in [2.75, 3.05) is 21.2 Å². The van der Waals surface area contributed by atoms with Crippen molar-refractivity contribution in [1.29, 1.82) is 0 Å². The molecule has 92 valence electrons. The second kappa shape index (κ2) is 5.54. The van der Waals surface area contributed by atoms with Gasteiger partial charge in [0.1, 0.15) is 0 Å². The molecule has 1 aromatic carbocycles. The van der Waals surface area contributed by atoms with Crippen LogP contribution in [0.2, 0.25) is 5.02 Å². The molecule has 0 fully saturated rings. The van der Waals surface area contributed by atoms with Crippen molar-refractivity contribution in [1.82, 2.24) is 4.90 Å². The summed E-state index contributed by atoms with van der Waals surface area (Å²) in [7, 11) is 4.38. The maximum atomic E-state index is 11.3. The molecular weight excluding hydrogens is 246 g/mol. The van der Waals surface area contributed by atoms with Crippen LogP contribution in [0, 0.1) is 0 Å². The van der Waals surface area contributed by atoms with Crippen molar-refractivity contribution in [3.05, 3.63) is 28.8 Å². The van der Waals surface area contributed by atoms with Crippen molar-refractivity contribution in [2.45, 2.75) is 0 Å². The summed E-state index contributed by atoms with van der Waals surface area (Å²) in [6.45, 7) is 0. The van der Waals surface area contributed by atoms with E-state index in [2.05, 4.69) is 4.74 Å². The molecule has 1 aromatic rings. The van der Waals surface area contributed by atoms with Gasteiger partial charge in [-0.05, 0) is 18.2 Å². The van der Waals surface area contributed by atoms with E-state index in [1.165, 1.54) is 30.2 Å². The third-order valence-electron chi connectivity index (χ3n) is 1.92. The summed E-state index contributed by atoms with van der Waals surface area (Å²) >= 11 is 5.88. The Morgan fingerprint density at radius 1 is 1.29 bits per heavy atom. The number of ether oxygens (including phenoxy) is 2. The first-order valence-electron chi connectivity index (χ1n) is 4.72. The molecule has 0 atom stereocenters. The van der Waals surface area contributed by atoms with Crippen molar-refractivity contribution < 1.29 is 19.1 Å². The van der Waals surface area contributed by atoms with E-state index in [1.54, 1.807) is 14.1 Å². The minimum absolute atomic E-state index is 0.170. The molecule has 0 heterocycles. The Morgan fingerprint density at radius 2 is 1.94 bits per heavy atom. The molecular formula is C11H12ClNO4. The van der Waals surface area contributed by atoms with Gasteiger partial charge in [0.2, 0.25) is 0 Å². The fourth-order valence-electron chi connectivity index (χ4n) is 1.01. The molecule has 0 aliphatic carbocycles. The number of hydrogen-bond acceptors (Lipinski definition) is 4. The van der Waals surface area contributed by atoms with Crippen LogP contribution < -0.4 is 4.74 Å². The Hall–Kier alpha value is -1.75. The Balaban J connectivity index is 2.90. The first-order chi connectivity index (χ1) is 7.95. The van der Waals surface area contributed by atoms with Gasteiger partial charge in [-0.25, -0.2) is 9.59 Å². The van der Waals surface area contributed by atoms with E-state index < -0.39 is 12.1 Å². The SMILES string of the molecule is COC(=O)c1ccc(OC(=O)N(C)C)c(Cl)c1. The lowest BCUT2D eigenvalue weighted by Crippen LogP contribution is -2.25. The summed E-state index contributed by atoms with van der Waals surface area (Å²) in [4.78, 5) is 23.8. The van der Waals surface area contributed by atoms with Gasteiger partial charge in [-0.15, -0.1) is 0 Å². The van der Waals surface area contributed by atoms with Gasteiger partial charge < -0.3 is 14.4 Å². The van der Waals surface area contributed by atoms with E-state index >= 15 is 0 Å². The molecule has 0 saturated heterocycles. The Labute approximate surface area is 104 Å². The fraction of sp³-hybridized carbons (Fsp3) is 0.273. The largest absolute Gasteiger partial charge is 0.465 e. The molecule has 0 radical (unpaired) electrons. The molecule has 6 heteroatoms. The molecule has 17 heavy (non-hydrogen) atoms. The molecule has 5 nitrogen and oxygen atoms in total. The van der Waals surface area contributed by atoms with E-state index in [1.807, 2.05) is 0 Å². The number of benzene rings is 1. The van der Waals surface area contributed by atoms with E-state index in [9.17, 15) is 9.59 Å². The first kappa shape index (κ1) is 13.3. The second-order valence-corrected chi connectivity index (χ2v) is 3.81. The van der Waals surface area contributed by atoms with Gasteiger partial charge in [0, 0.05) is 14.1 Å². The van der Waals surface area contributed by atoms with Gasteiger partial charge in [0.15, 0.2) is 5.75 Å². The maximum absolute atomic E-state index is 11.3. The Morgan fingerprint density at radius 3 is 2.41 bits per heavy atom. The summed E-state index contributed by atoms with van der Waals surface area (Å²) in [6, 6.07) is 4.29. The predicted molar refractivity (Wildman–Crippen MR) is 62.5 cm³/mol. The summed E-state index contributed by atoms with van der Waals surface area (Å²) < 4.78 is 9.51. The number of hydrogen-bond donors (Lipinski definition) is 0. The zero-order valence-corrected chi connectivity index (χ0v) is 10.4. The van der Waals surface area contributed by atoms with Crippen molar-refractivity contribution in [3.63, 3.8) is 0 Å². The van der Waals surface area contributed by atoms with Gasteiger partial charge in [-0.1, -0.05) is 11.6 Å². The third kappa shape index (κ3) is 3.35. The minimum atomic E-state index is -0.544. The predicted octanol–water partition coefficient (Wildman–Crippen LogP) is 2.19. The number of nitrogens with zero attached hydrogens (tertiary/aromatic N) is 1. The average Bonchev–Trinajstić information content (AvgIpc) is 2.30.